The lowest BCUT2D eigenvalue weighted by Gasteiger charge is -2.43. The lowest BCUT2D eigenvalue weighted by Crippen LogP contribution is -2.65. The molecule has 0 aromatic heterocycles. The molecule has 1 heterocycles. The van der Waals surface area contributed by atoms with Gasteiger partial charge in [0.05, 0.1) is 13.7 Å². The SMILES string of the molecule is COc1ccc(OP(=O)(NC(C)(C)C(=O)OCc2ccccc2)O[C@H]2[C@H](O)[C@@H](CO)OC(O)[C@@H]2NC(C)=O)cc1. The summed E-state index contributed by atoms with van der Waals surface area (Å²) in [6.45, 7) is 3.17. The molecule has 0 bridgehead atoms. The van der Waals surface area contributed by atoms with Crippen molar-refractivity contribution in [1.29, 1.82) is 0 Å². The van der Waals surface area contributed by atoms with Crippen LogP contribution in [0.25, 0.3) is 0 Å². The molecular weight excluding hydrogens is 547 g/mol. The predicted octanol–water partition coefficient (Wildman–Crippen LogP) is 1.25. The summed E-state index contributed by atoms with van der Waals surface area (Å²) in [5.41, 5.74) is -0.932. The zero-order chi connectivity index (χ0) is 29.5. The monoisotopic (exact) mass is 582 g/mol. The summed E-state index contributed by atoms with van der Waals surface area (Å²) in [7, 11) is -3.17. The van der Waals surface area contributed by atoms with Gasteiger partial charge in [-0.2, -0.15) is 5.09 Å². The Morgan fingerprint density at radius 3 is 2.25 bits per heavy atom. The van der Waals surface area contributed by atoms with E-state index in [1.165, 1.54) is 45.2 Å². The van der Waals surface area contributed by atoms with Gasteiger partial charge in [0.2, 0.25) is 5.91 Å². The fourth-order valence-electron chi connectivity index (χ4n) is 3.90. The van der Waals surface area contributed by atoms with E-state index in [4.69, 9.17) is 23.3 Å². The van der Waals surface area contributed by atoms with Gasteiger partial charge in [0.15, 0.2) is 6.29 Å². The number of methoxy groups -OCH3 is 1. The molecule has 6 atom stereocenters. The zero-order valence-corrected chi connectivity index (χ0v) is 23.4. The highest BCUT2D eigenvalue weighted by Gasteiger charge is 2.51. The minimum Gasteiger partial charge on any atom is -0.497 e. The van der Waals surface area contributed by atoms with E-state index in [9.17, 15) is 29.5 Å². The molecule has 0 saturated carbocycles. The molecule has 0 radical (unpaired) electrons. The Labute approximate surface area is 231 Å². The Balaban J connectivity index is 1.91. The van der Waals surface area contributed by atoms with Crippen LogP contribution in [0.4, 0.5) is 0 Å². The van der Waals surface area contributed by atoms with Crippen LogP contribution >= 0.6 is 7.75 Å². The third kappa shape index (κ3) is 8.24. The number of esters is 1. The minimum absolute atomic E-state index is 0.0435. The lowest BCUT2D eigenvalue weighted by atomic mass is 9.97. The van der Waals surface area contributed by atoms with E-state index in [1.54, 1.807) is 24.3 Å². The van der Waals surface area contributed by atoms with E-state index in [2.05, 4.69) is 10.4 Å². The molecule has 1 aliphatic heterocycles. The Hall–Kier alpha value is -3.03. The fraction of sp³-hybridized carbons (Fsp3) is 0.462. The van der Waals surface area contributed by atoms with Gasteiger partial charge in [0.1, 0.15) is 48.0 Å². The molecule has 1 saturated heterocycles. The number of aliphatic hydroxyl groups is 3. The molecule has 2 unspecified atom stereocenters. The molecule has 220 valence electrons. The second-order valence-electron chi connectivity index (χ2n) is 9.60. The second-order valence-corrected chi connectivity index (χ2v) is 11.2. The second kappa shape index (κ2) is 13.6. The van der Waals surface area contributed by atoms with Crippen LogP contribution in [0.15, 0.2) is 54.6 Å². The molecule has 2 aromatic carbocycles. The van der Waals surface area contributed by atoms with Gasteiger partial charge < -0.3 is 39.4 Å². The van der Waals surface area contributed by atoms with E-state index < -0.39 is 62.4 Å². The van der Waals surface area contributed by atoms with Crippen LogP contribution in [-0.4, -0.2) is 77.1 Å². The molecule has 5 N–H and O–H groups in total. The number of carbonyl (C=O) groups is 2. The number of benzene rings is 2. The van der Waals surface area contributed by atoms with Crippen LogP contribution in [0.1, 0.15) is 26.3 Å². The van der Waals surface area contributed by atoms with Crippen LogP contribution in [0, 0.1) is 0 Å². The molecule has 0 spiro atoms. The van der Waals surface area contributed by atoms with Gasteiger partial charge in [-0.25, -0.2) is 4.57 Å². The van der Waals surface area contributed by atoms with E-state index in [0.717, 1.165) is 12.5 Å². The Morgan fingerprint density at radius 2 is 1.68 bits per heavy atom. The van der Waals surface area contributed by atoms with Gasteiger partial charge in [-0.15, -0.1) is 0 Å². The summed E-state index contributed by atoms with van der Waals surface area (Å²) in [6, 6.07) is 13.5. The first kappa shape index (κ1) is 31.5. The van der Waals surface area contributed by atoms with Crippen molar-refractivity contribution >= 4 is 19.6 Å². The summed E-state index contributed by atoms with van der Waals surface area (Å²) < 4.78 is 41.5. The van der Waals surface area contributed by atoms with Gasteiger partial charge in [-0.3, -0.25) is 14.1 Å². The van der Waals surface area contributed by atoms with Crippen LogP contribution < -0.4 is 19.7 Å². The summed E-state index contributed by atoms with van der Waals surface area (Å²) in [5.74, 6) is -0.875. The smallest absolute Gasteiger partial charge is 0.460 e. The van der Waals surface area contributed by atoms with Crippen molar-refractivity contribution in [2.24, 2.45) is 0 Å². The molecule has 14 heteroatoms. The van der Waals surface area contributed by atoms with E-state index >= 15 is 0 Å². The fourth-order valence-corrected chi connectivity index (χ4v) is 5.79. The summed E-state index contributed by atoms with van der Waals surface area (Å²) in [5, 5.41) is 35.9. The van der Waals surface area contributed by atoms with Gasteiger partial charge >= 0.3 is 13.7 Å². The number of ether oxygens (including phenoxy) is 3. The minimum atomic E-state index is -4.64. The van der Waals surface area contributed by atoms with Crippen molar-refractivity contribution < 1.29 is 52.7 Å². The Kier molecular flexibility index (Phi) is 10.7. The molecule has 2 aromatic rings. The molecular formula is C26H35N2O11P. The summed E-state index contributed by atoms with van der Waals surface area (Å²) in [4.78, 5) is 24.9. The standard InChI is InChI=1S/C26H35N2O11P/c1-16(30)27-21-23(22(31)20(14-29)37-24(21)32)39-40(34,38-19-12-10-18(35-4)11-13-19)28-26(2,3)25(33)36-15-17-8-6-5-7-9-17/h5-13,20-24,29,31-32H,14-15H2,1-4H3,(H,27,30)(H,28,34)/t20-,21-,22-,23-,24?,40?/m1/s1. The lowest BCUT2D eigenvalue weighted by molar-refractivity contribution is -0.250. The predicted molar refractivity (Wildman–Crippen MR) is 141 cm³/mol. The average Bonchev–Trinajstić information content (AvgIpc) is 2.91. The number of aliphatic hydroxyl groups excluding tert-OH is 3. The molecule has 3 rings (SSSR count). The maximum atomic E-state index is 14.3. The number of rotatable bonds is 12. The highest BCUT2D eigenvalue weighted by Crippen LogP contribution is 2.49. The number of amides is 1. The van der Waals surface area contributed by atoms with Gasteiger partial charge in [-0.1, -0.05) is 30.3 Å². The molecule has 13 nitrogen and oxygen atoms in total. The van der Waals surface area contributed by atoms with E-state index in [-0.39, 0.29) is 12.4 Å². The van der Waals surface area contributed by atoms with E-state index in [0.29, 0.717) is 5.75 Å². The molecule has 40 heavy (non-hydrogen) atoms. The number of nitrogens with one attached hydrogen (secondary N) is 2. The molecule has 1 amide bonds. The van der Waals surface area contributed by atoms with Crippen molar-refractivity contribution in [3.8, 4) is 11.5 Å². The largest absolute Gasteiger partial charge is 0.497 e. The molecule has 0 aliphatic carbocycles. The quantitative estimate of drug-likeness (QED) is 0.179. The maximum absolute atomic E-state index is 14.3. The Morgan fingerprint density at radius 1 is 1.05 bits per heavy atom. The van der Waals surface area contributed by atoms with Gasteiger partial charge in [-0.05, 0) is 43.7 Å². The van der Waals surface area contributed by atoms with Crippen molar-refractivity contribution in [2.45, 2.75) is 63.6 Å². The maximum Gasteiger partial charge on any atom is 0.460 e. The molecule has 1 fully saturated rings. The van der Waals surface area contributed by atoms with Gasteiger partial charge in [0.25, 0.3) is 0 Å². The normalized spacial score (nSPS) is 24.4. The number of carbonyl (C=O) groups excluding carboxylic acids is 2. The first-order chi connectivity index (χ1) is 18.9. The Bertz CT molecular complexity index is 1180. The molecule has 1 aliphatic rings. The highest BCUT2D eigenvalue weighted by atomic mass is 31.2. The van der Waals surface area contributed by atoms with Crippen molar-refractivity contribution in [2.75, 3.05) is 13.7 Å². The third-order valence-electron chi connectivity index (χ3n) is 5.93. The van der Waals surface area contributed by atoms with Gasteiger partial charge in [0, 0.05) is 6.92 Å². The van der Waals surface area contributed by atoms with Crippen molar-refractivity contribution in [3.05, 3.63) is 60.2 Å². The van der Waals surface area contributed by atoms with Crippen LogP contribution in [-0.2, 0) is 34.8 Å². The van der Waals surface area contributed by atoms with Crippen LogP contribution in [0.2, 0.25) is 0 Å². The van der Waals surface area contributed by atoms with Crippen LogP contribution in [0.5, 0.6) is 11.5 Å². The van der Waals surface area contributed by atoms with Crippen molar-refractivity contribution in [1.82, 2.24) is 10.4 Å². The average molecular weight is 583 g/mol. The van der Waals surface area contributed by atoms with Crippen molar-refractivity contribution in [3.63, 3.8) is 0 Å². The highest BCUT2D eigenvalue weighted by molar-refractivity contribution is 7.52. The first-order valence-electron chi connectivity index (χ1n) is 12.4. The topological polar surface area (TPSA) is 182 Å². The number of hydrogen-bond acceptors (Lipinski definition) is 11. The zero-order valence-electron chi connectivity index (χ0n) is 22.6. The summed E-state index contributed by atoms with van der Waals surface area (Å²) >= 11 is 0. The van der Waals surface area contributed by atoms with E-state index in [1.807, 2.05) is 6.07 Å². The summed E-state index contributed by atoms with van der Waals surface area (Å²) in [6.07, 6.45) is -6.37. The third-order valence-corrected chi connectivity index (χ3v) is 7.73. The first-order valence-corrected chi connectivity index (χ1v) is 13.9. The van der Waals surface area contributed by atoms with Crippen LogP contribution in [0.3, 0.4) is 0 Å². The number of hydrogen-bond donors (Lipinski definition) is 5.